The highest BCUT2D eigenvalue weighted by Crippen LogP contribution is 2.19. The van der Waals surface area contributed by atoms with Gasteiger partial charge in [-0.25, -0.2) is 4.98 Å². The molecule has 106 valence electrons. The summed E-state index contributed by atoms with van der Waals surface area (Å²) in [5, 5.41) is 0. The Morgan fingerprint density at radius 2 is 2.10 bits per heavy atom. The van der Waals surface area contributed by atoms with Crippen LogP contribution in [0.1, 0.15) is 24.1 Å². The fourth-order valence-electron chi connectivity index (χ4n) is 2.05. The van der Waals surface area contributed by atoms with Crippen LogP contribution in [0.25, 0.3) is 0 Å². The Labute approximate surface area is 120 Å². The summed E-state index contributed by atoms with van der Waals surface area (Å²) in [5.41, 5.74) is 8.18. The van der Waals surface area contributed by atoms with Gasteiger partial charge in [0.1, 0.15) is 11.6 Å². The van der Waals surface area contributed by atoms with Gasteiger partial charge in [-0.05, 0) is 42.3 Å². The second-order valence-electron chi connectivity index (χ2n) is 4.94. The Bertz CT molecular complexity index is 569. The molecular weight excluding hydrogens is 250 g/mol. The monoisotopic (exact) mass is 271 g/mol. The maximum atomic E-state index is 5.91. The van der Waals surface area contributed by atoms with Crippen LogP contribution in [0, 0.1) is 0 Å². The van der Waals surface area contributed by atoms with Gasteiger partial charge >= 0.3 is 0 Å². The number of hydrogen-bond donors (Lipinski definition) is 1. The van der Waals surface area contributed by atoms with Crippen molar-refractivity contribution in [2.45, 2.75) is 19.5 Å². The molecule has 0 aliphatic carbocycles. The van der Waals surface area contributed by atoms with Gasteiger partial charge in [0.15, 0.2) is 0 Å². The van der Waals surface area contributed by atoms with E-state index in [0.29, 0.717) is 0 Å². The maximum absolute atomic E-state index is 5.91. The summed E-state index contributed by atoms with van der Waals surface area (Å²) in [4.78, 5) is 6.50. The Morgan fingerprint density at radius 3 is 2.80 bits per heavy atom. The number of hydrogen-bond acceptors (Lipinski definition) is 4. The molecule has 2 aromatic rings. The Kier molecular flexibility index (Phi) is 4.58. The molecule has 0 aliphatic rings. The lowest BCUT2D eigenvalue weighted by Gasteiger charge is -2.19. The number of nitrogens with two attached hydrogens (primary N) is 1. The number of anilines is 1. The molecule has 0 radical (unpaired) electrons. The minimum Gasteiger partial charge on any atom is -0.497 e. The van der Waals surface area contributed by atoms with Crippen molar-refractivity contribution in [3.05, 3.63) is 53.7 Å². The van der Waals surface area contributed by atoms with Crippen LogP contribution >= 0.6 is 0 Å². The Morgan fingerprint density at radius 1 is 1.30 bits per heavy atom. The lowest BCUT2D eigenvalue weighted by molar-refractivity contribution is 0.414. The molecule has 0 saturated heterocycles. The molecule has 1 heterocycles. The molecule has 2 rings (SSSR count). The van der Waals surface area contributed by atoms with Crippen LogP contribution in [-0.4, -0.2) is 19.1 Å². The summed E-state index contributed by atoms with van der Waals surface area (Å²) in [6, 6.07) is 12.0. The van der Waals surface area contributed by atoms with E-state index in [1.807, 2.05) is 44.3 Å². The minimum atomic E-state index is 0.0157. The molecule has 0 saturated carbocycles. The Hall–Kier alpha value is -2.07. The van der Waals surface area contributed by atoms with Gasteiger partial charge in [0.25, 0.3) is 0 Å². The predicted molar refractivity (Wildman–Crippen MR) is 81.9 cm³/mol. The molecule has 2 N–H and O–H groups in total. The maximum Gasteiger partial charge on any atom is 0.128 e. The van der Waals surface area contributed by atoms with E-state index in [0.717, 1.165) is 23.7 Å². The first kappa shape index (κ1) is 14.3. The van der Waals surface area contributed by atoms with Crippen LogP contribution in [-0.2, 0) is 6.54 Å². The van der Waals surface area contributed by atoms with Crippen molar-refractivity contribution in [3.8, 4) is 5.75 Å². The van der Waals surface area contributed by atoms with Crippen molar-refractivity contribution >= 4 is 5.82 Å². The summed E-state index contributed by atoms with van der Waals surface area (Å²) < 4.78 is 5.24. The van der Waals surface area contributed by atoms with Crippen LogP contribution in [0.3, 0.4) is 0 Å². The number of methoxy groups -OCH3 is 1. The van der Waals surface area contributed by atoms with E-state index >= 15 is 0 Å². The van der Waals surface area contributed by atoms with E-state index in [2.05, 4.69) is 16.0 Å². The average Bonchev–Trinajstić information content (AvgIpc) is 2.47. The number of pyridine rings is 1. The van der Waals surface area contributed by atoms with E-state index in [4.69, 9.17) is 10.5 Å². The second kappa shape index (κ2) is 6.39. The fourth-order valence-corrected chi connectivity index (χ4v) is 2.05. The number of rotatable bonds is 5. The molecule has 0 bridgehead atoms. The molecule has 0 aliphatic heterocycles. The zero-order valence-electron chi connectivity index (χ0n) is 12.2. The third kappa shape index (κ3) is 3.48. The van der Waals surface area contributed by atoms with Gasteiger partial charge in [-0.2, -0.15) is 0 Å². The summed E-state index contributed by atoms with van der Waals surface area (Å²) in [7, 11) is 3.70. The van der Waals surface area contributed by atoms with Crippen molar-refractivity contribution < 1.29 is 4.74 Å². The zero-order valence-corrected chi connectivity index (χ0v) is 12.2. The van der Waals surface area contributed by atoms with Crippen molar-refractivity contribution in [2.24, 2.45) is 5.73 Å². The molecule has 1 atom stereocenters. The van der Waals surface area contributed by atoms with Crippen molar-refractivity contribution in [2.75, 3.05) is 19.1 Å². The molecule has 0 fully saturated rings. The van der Waals surface area contributed by atoms with Crippen molar-refractivity contribution in [1.82, 2.24) is 4.98 Å². The minimum absolute atomic E-state index is 0.0157. The lowest BCUT2D eigenvalue weighted by Crippen LogP contribution is -2.18. The zero-order chi connectivity index (χ0) is 14.5. The van der Waals surface area contributed by atoms with Crippen molar-refractivity contribution in [3.63, 3.8) is 0 Å². The highest BCUT2D eigenvalue weighted by molar-refractivity contribution is 5.42. The van der Waals surface area contributed by atoms with Gasteiger partial charge < -0.3 is 15.4 Å². The third-order valence-corrected chi connectivity index (χ3v) is 3.24. The molecule has 0 spiro atoms. The number of aromatic nitrogens is 1. The second-order valence-corrected chi connectivity index (χ2v) is 4.94. The number of nitrogens with zero attached hydrogens (tertiary/aromatic N) is 2. The molecule has 4 nitrogen and oxygen atoms in total. The summed E-state index contributed by atoms with van der Waals surface area (Å²) in [5.74, 6) is 1.79. The molecule has 0 unspecified atom stereocenters. The SMILES string of the molecule is COc1cccc(CN(C)c2cc([C@H](C)N)ccn2)c1. The van der Waals surface area contributed by atoms with Gasteiger partial charge in [0.2, 0.25) is 0 Å². The van der Waals surface area contributed by atoms with Crippen LogP contribution in [0.2, 0.25) is 0 Å². The highest BCUT2D eigenvalue weighted by Gasteiger charge is 2.07. The first-order valence-electron chi connectivity index (χ1n) is 6.65. The summed E-state index contributed by atoms with van der Waals surface area (Å²) in [6.07, 6.45) is 1.80. The van der Waals surface area contributed by atoms with E-state index in [9.17, 15) is 0 Å². The first-order valence-corrected chi connectivity index (χ1v) is 6.65. The topological polar surface area (TPSA) is 51.4 Å². The molecule has 1 aromatic carbocycles. The predicted octanol–water partition coefficient (Wildman–Crippen LogP) is 2.75. The largest absolute Gasteiger partial charge is 0.497 e. The van der Waals surface area contributed by atoms with Crippen LogP contribution < -0.4 is 15.4 Å². The fraction of sp³-hybridized carbons (Fsp3) is 0.312. The lowest BCUT2D eigenvalue weighted by atomic mass is 10.1. The van der Waals surface area contributed by atoms with Gasteiger partial charge in [0.05, 0.1) is 7.11 Å². The quantitative estimate of drug-likeness (QED) is 0.908. The van der Waals surface area contributed by atoms with Gasteiger partial charge in [-0.1, -0.05) is 12.1 Å². The molecular formula is C16H21N3O. The summed E-state index contributed by atoms with van der Waals surface area (Å²) >= 11 is 0. The van der Waals surface area contributed by atoms with Crippen LogP contribution in [0.4, 0.5) is 5.82 Å². The molecule has 20 heavy (non-hydrogen) atoms. The van der Waals surface area contributed by atoms with Gasteiger partial charge in [0, 0.05) is 25.8 Å². The first-order chi connectivity index (χ1) is 9.60. The normalized spacial score (nSPS) is 12.0. The van der Waals surface area contributed by atoms with E-state index in [-0.39, 0.29) is 6.04 Å². The van der Waals surface area contributed by atoms with Crippen LogP contribution in [0.15, 0.2) is 42.6 Å². The Balaban J connectivity index is 2.14. The van der Waals surface area contributed by atoms with E-state index in [1.54, 1.807) is 13.3 Å². The smallest absolute Gasteiger partial charge is 0.128 e. The third-order valence-electron chi connectivity index (χ3n) is 3.24. The van der Waals surface area contributed by atoms with Crippen molar-refractivity contribution in [1.29, 1.82) is 0 Å². The van der Waals surface area contributed by atoms with Gasteiger partial charge in [-0.3, -0.25) is 0 Å². The van der Waals surface area contributed by atoms with Gasteiger partial charge in [-0.15, -0.1) is 0 Å². The summed E-state index contributed by atoms with van der Waals surface area (Å²) in [6.45, 7) is 2.74. The highest BCUT2D eigenvalue weighted by atomic mass is 16.5. The van der Waals surface area contributed by atoms with Crippen LogP contribution in [0.5, 0.6) is 5.75 Å². The van der Waals surface area contributed by atoms with E-state index < -0.39 is 0 Å². The number of ether oxygens (including phenoxy) is 1. The van der Waals surface area contributed by atoms with E-state index in [1.165, 1.54) is 5.56 Å². The standard InChI is InChI=1S/C16H21N3O/c1-12(17)14-7-8-18-16(10-14)19(2)11-13-5-4-6-15(9-13)20-3/h4-10,12H,11,17H2,1-3H3/t12-/m0/s1. The average molecular weight is 271 g/mol. The number of benzene rings is 1. The molecule has 1 aromatic heterocycles. The molecule has 4 heteroatoms. The molecule has 0 amide bonds.